The number of carbonyl (C=O) groups excluding carboxylic acids is 1. The molecule has 0 aliphatic rings. The first-order chi connectivity index (χ1) is 9.58. The minimum absolute atomic E-state index is 0.290. The van der Waals surface area contributed by atoms with E-state index in [9.17, 15) is 4.79 Å². The fourth-order valence-electron chi connectivity index (χ4n) is 1.52. The summed E-state index contributed by atoms with van der Waals surface area (Å²) >= 11 is 6.52. The third kappa shape index (κ3) is 5.44. The van der Waals surface area contributed by atoms with Gasteiger partial charge in [0.05, 0.1) is 11.6 Å². The molecule has 0 aromatic carbocycles. The average molecular weight is 316 g/mol. The van der Waals surface area contributed by atoms with Crippen LogP contribution in [-0.4, -0.2) is 38.0 Å². The minimum Gasteiger partial charge on any atom is -0.462 e. The largest absolute Gasteiger partial charge is 0.462 e. The maximum atomic E-state index is 11.7. The lowest BCUT2D eigenvalue weighted by Crippen LogP contribution is -2.29. The van der Waals surface area contributed by atoms with E-state index >= 15 is 0 Å². The second-order valence-electron chi connectivity index (χ2n) is 4.07. The van der Waals surface area contributed by atoms with Crippen LogP contribution >= 0.6 is 23.6 Å². The monoisotopic (exact) mass is 316 g/mol. The summed E-state index contributed by atoms with van der Waals surface area (Å²) in [4.78, 5) is 12.3. The van der Waals surface area contributed by atoms with Gasteiger partial charge in [-0.05, 0) is 44.1 Å². The zero-order chi connectivity index (χ0) is 15.0. The van der Waals surface area contributed by atoms with Gasteiger partial charge in [-0.2, -0.15) is 0 Å². The number of hydrogen-bond donors (Lipinski definition) is 2. The normalized spacial score (nSPS) is 10.2. The van der Waals surface area contributed by atoms with Crippen molar-refractivity contribution in [3.05, 3.63) is 16.5 Å². The fourth-order valence-corrected chi connectivity index (χ4v) is 2.77. The summed E-state index contributed by atoms with van der Waals surface area (Å²) in [5, 5.41) is 7.52. The van der Waals surface area contributed by atoms with Gasteiger partial charge in [-0.1, -0.05) is 0 Å². The van der Waals surface area contributed by atoms with E-state index < -0.39 is 0 Å². The van der Waals surface area contributed by atoms with Gasteiger partial charge in [0.25, 0.3) is 0 Å². The maximum Gasteiger partial charge on any atom is 0.348 e. The molecular weight excluding hydrogens is 296 g/mol. The van der Waals surface area contributed by atoms with E-state index in [0.717, 1.165) is 23.5 Å². The number of carbonyl (C=O) groups is 1. The summed E-state index contributed by atoms with van der Waals surface area (Å²) in [6.07, 6.45) is 0.885. The molecule has 0 saturated heterocycles. The number of rotatable bonds is 7. The first-order valence-corrected chi connectivity index (χ1v) is 7.62. The molecule has 0 atom stereocenters. The first-order valence-electron chi connectivity index (χ1n) is 6.39. The van der Waals surface area contributed by atoms with Crippen molar-refractivity contribution in [2.24, 2.45) is 0 Å². The Kier molecular flexibility index (Phi) is 7.50. The minimum atomic E-state index is -0.290. The lowest BCUT2D eigenvalue weighted by Gasteiger charge is -2.08. The molecule has 5 nitrogen and oxygen atoms in total. The average Bonchev–Trinajstić information content (AvgIpc) is 2.76. The Labute approximate surface area is 128 Å². The second-order valence-corrected chi connectivity index (χ2v) is 5.53. The van der Waals surface area contributed by atoms with Crippen LogP contribution in [0.2, 0.25) is 0 Å². The van der Waals surface area contributed by atoms with Crippen LogP contribution in [0.5, 0.6) is 0 Å². The van der Waals surface area contributed by atoms with Gasteiger partial charge in [0.15, 0.2) is 5.11 Å². The number of anilines is 1. The van der Waals surface area contributed by atoms with E-state index in [0.29, 0.717) is 23.2 Å². The van der Waals surface area contributed by atoms with Crippen molar-refractivity contribution in [3.8, 4) is 0 Å². The smallest absolute Gasteiger partial charge is 0.348 e. The molecule has 0 aliphatic carbocycles. The summed E-state index contributed by atoms with van der Waals surface area (Å²) in [6, 6.07) is 1.89. The van der Waals surface area contributed by atoms with Gasteiger partial charge in [-0.15, -0.1) is 11.3 Å². The van der Waals surface area contributed by atoms with Crippen LogP contribution in [0.25, 0.3) is 0 Å². The summed E-state index contributed by atoms with van der Waals surface area (Å²) in [7, 11) is 1.67. The highest BCUT2D eigenvalue weighted by atomic mass is 32.1. The van der Waals surface area contributed by atoms with Gasteiger partial charge in [0, 0.05) is 20.3 Å². The van der Waals surface area contributed by atoms with Crippen LogP contribution in [0, 0.1) is 6.92 Å². The maximum absolute atomic E-state index is 11.7. The van der Waals surface area contributed by atoms with E-state index in [2.05, 4.69) is 10.6 Å². The number of esters is 1. The highest BCUT2D eigenvalue weighted by Crippen LogP contribution is 2.27. The molecule has 7 heteroatoms. The Morgan fingerprint density at radius 2 is 2.25 bits per heavy atom. The Morgan fingerprint density at radius 3 is 2.90 bits per heavy atom. The van der Waals surface area contributed by atoms with Crippen molar-refractivity contribution in [1.82, 2.24) is 5.32 Å². The summed E-state index contributed by atoms with van der Waals surface area (Å²) in [5.41, 5.74) is 0.887. The van der Waals surface area contributed by atoms with Gasteiger partial charge in [0.2, 0.25) is 0 Å². The van der Waals surface area contributed by atoms with Crippen molar-refractivity contribution in [1.29, 1.82) is 0 Å². The molecule has 1 aromatic rings. The van der Waals surface area contributed by atoms with Crippen LogP contribution in [0.4, 0.5) is 5.00 Å². The third-order valence-electron chi connectivity index (χ3n) is 2.43. The summed E-state index contributed by atoms with van der Waals surface area (Å²) in [5.74, 6) is -0.290. The SMILES string of the molecule is CCOC(=O)c1sc(NC(=S)NCCCOC)cc1C. The highest BCUT2D eigenvalue weighted by Gasteiger charge is 2.14. The first kappa shape index (κ1) is 16.9. The number of aryl methyl sites for hydroxylation is 1. The Morgan fingerprint density at radius 1 is 1.50 bits per heavy atom. The molecule has 0 unspecified atom stereocenters. The number of thiocarbonyl (C=S) groups is 1. The number of thiophene rings is 1. The van der Waals surface area contributed by atoms with E-state index in [1.54, 1.807) is 14.0 Å². The van der Waals surface area contributed by atoms with Crippen LogP contribution in [-0.2, 0) is 9.47 Å². The molecule has 0 amide bonds. The van der Waals surface area contributed by atoms with Crippen molar-refractivity contribution in [2.75, 3.05) is 32.2 Å². The Hall–Kier alpha value is -1.18. The van der Waals surface area contributed by atoms with Crippen LogP contribution in [0.3, 0.4) is 0 Å². The molecule has 0 fully saturated rings. The van der Waals surface area contributed by atoms with Crippen molar-refractivity contribution >= 4 is 39.6 Å². The van der Waals surface area contributed by atoms with E-state index in [4.69, 9.17) is 21.7 Å². The summed E-state index contributed by atoms with van der Waals surface area (Å²) < 4.78 is 9.96. The van der Waals surface area contributed by atoms with Gasteiger partial charge in [0.1, 0.15) is 4.88 Å². The van der Waals surface area contributed by atoms with Crippen molar-refractivity contribution < 1.29 is 14.3 Å². The molecule has 1 heterocycles. The van der Waals surface area contributed by atoms with Crippen LogP contribution < -0.4 is 10.6 Å². The fraction of sp³-hybridized carbons (Fsp3) is 0.538. The van der Waals surface area contributed by atoms with E-state index in [1.165, 1.54) is 11.3 Å². The second kappa shape index (κ2) is 8.89. The molecule has 112 valence electrons. The third-order valence-corrected chi connectivity index (χ3v) is 3.81. The number of methoxy groups -OCH3 is 1. The zero-order valence-electron chi connectivity index (χ0n) is 11.9. The topological polar surface area (TPSA) is 59.6 Å². The van der Waals surface area contributed by atoms with Gasteiger partial charge in [-0.25, -0.2) is 4.79 Å². The van der Waals surface area contributed by atoms with E-state index in [-0.39, 0.29) is 5.97 Å². The lowest BCUT2D eigenvalue weighted by atomic mass is 10.3. The molecule has 1 aromatic heterocycles. The number of nitrogens with one attached hydrogen (secondary N) is 2. The number of ether oxygens (including phenoxy) is 2. The highest BCUT2D eigenvalue weighted by molar-refractivity contribution is 7.80. The zero-order valence-corrected chi connectivity index (χ0v) is 13.6. The molecule has 20 heavy (non-hydrogen) atoms. The van der Waals surface area contributed by atoms with E-state index in [1.807, 2.05) is 13.0 Å². The molecule has 0 spiro atoms. The molecule has 0 saturated carbocycles. The van der Waals surface area contributed by atoms with Gasteiger partial charge >= 0.3 is 5.97 Å². The Bertz CT molecular complexity index is 460. The molecule has 0 radical (unpaired) electrons. The lowest BCUT2D eigenvalue weighted by molar-refractivity contribution is 0.0531. The number of hydrogen-bond acceptors (Lipinski definition) is 5. The molecule has 1 rings (SSSR count). The quantitative estimate of drug-likeness (QED) is 0.458. The molecule has 0 aliphatic heterocycles. The van der Waals surface area contributed by atoms with Crippen molar-refractivity contribution in [3.63, 3.8) is 0 Å². The summed E-state index contributed by atoms with van der Waals surface area (Å²) in [6.45, 7) is 5.48. The van der Waals surface area contributed by atoms with Gasteiger partial charge < -0.3 is 20.1 Å². The molecule has 2 N–H and O–H groups in total. The predicted molar refractivity (Wildman–Crippen MR) is 85.7 cm³/mol. The standard InChI is InChI=1S/C13H20N2O3S2/c1-4-18-12(16)11-9(2)8-10(20-11)15-13(19)14-6-5-7-17-3/h8H,4-7H2,1-3H3,(H2,14,15,19). The Balaban J connectivity index is 2.50. The molecular formula is C13H20N2O3S2. The van der Waals surface area contributed by atoms with Crippen LogP contribution in [0.1, 0.15) is 28.6 Å². The van der Waals surface area contributed by atoms with Crippen LogP contribution in [0.15, 0.2) is 6.07 Å². The predicted octanol–water partition coefficient (Wildman–Crippen LogP) is 2.56. The van der Waals surface area contributed by atoms with Gasteiger partial charge in [-0.3, -0.25) is 0 Å². The molecule has 0 bridgehead atoms. The van der Waals surface area contributed by atoms with Crippen molar-refractivity contribution in [2.45, 2.75) is 20.3 Å².